The van der Waals surface area contributed by atoms with E-state index in [9.17, 15) is 0 Å². The summed E-state index contributed by atoms with van der Waals surface area (Å²) in [6.45, 7) is 2.22. The largest absolute Gasteiger partial charge is 0.312 e. The number of rotatable bonds is 5. The number of hydrogen-bond acceptors (Lipinski definition) is 2. The molecule has 0 spiro atoms. The van der Waals surface area contributed by atoms with Crippen LogP contribution >= 0.6 is 27.3 Å². The zero-order valence-electron chi connectivity index (χ0n) is 10.7. The van der Waals surface area contributed by atoms with Crippen LogP contribution in [0.5, 0.6) is 0 Å². The summed E-state index contributed by atoms with van der Waals surface area (Å²) >= 11 is 5.39. The first-order chi connectivity index (χ1) is 8.74. The molecule has 1 unspecified atom stereocenters. The van der Waals surface area contributed by atoms with Gasteiger partial charge in [0, 0.05) is 15.4 Å². The molecule has 96 valence electrons. The third-order valence-corrected chi connectivity index (χ3v) is 4.72. The number of nitrogens with one attached hydrogen (secondary N) is 1. The van der Waals surface area contributed by atoms with Gasteiger partial charge in [0.15, 0.2) is 0 Å². The van der Waals surface area contributed by atoms with Gasteiger partial charge in [-0.2, -0.15) is 0 Å². The lowest BCUT2D eigenvalue weighted by Gasteiger charge is -2.17. The molecule has 0 aliphatic rings. The summed E-state index contributed by atoms with van der Waals surface area (Å²) < 4.78 is 1.15. The number of likely N-dealkylation sites (N-methyl/N-ethyl adjacent to an activating group) is 1. The molecular formula is C15H18BrNS. The van der Waals surface area contributed by atoms with E-state index in [1.165, 1.54) is 16.0 Å². The van der Waals surface area contributed by atoms with Crippen LogP contribution in [0.25, 0.3) is 0 Å². The molecule has 1 heterocycles. The van der Waals surface area contributed by atoms with Crippen molar-refractivity contribution in [3.05, 3.63) is 56.2 Å². The second-order valence-electron chi connectivity index (χ2n) is 4.34. The summed E-state index contributed by atoms with van der Waals surface area (Å²) in [5.74, 6) is 0. The fourth-order valence-corrected chi connectivity index (χ4v) is 3.73. The van der Waals surface area contributed by atoms with E-state index in [2.05, 4.69) is 63.9 Å². The van der Waals surface area contributed by atoms with E-state index in [0.717, 1.165) is 17.3 Å². The molecule has 0 aliphatic carbocycles. The Morgan fingerprint density at radius 1 is 1.33 bits per heavy atom. The summed E-state index contributed by atoms with van der Waals surface area (Å²) in [6, 6.07) is 11.2. The second-order valence-corrected chi connectivity index (χ2v) is 6.20. The van der Waals surface area contributed by atoms with Gasteiger partial charge in [0.25, 0.3) is 0 Å². The third kappa shape index (κ3) is 3.22. The van der Waals surface area contributed by atoms with Crippen molar-refractivity contribution in [2.75, 3.05) is 7.05 Å². The highest BCUT2D eigenvalue weighted by Crippen LogP contribution is 2.28. The Morgan fingerprint density at radius 2 is 2.17 bits per heavy atom. The molecule has 0 bridgehead atoms. The molecular weight excluding hydrogens is 306 g/mol. The number of halogens is 1. The summed E-state index contributed by atoms with van der Waals surface area (Å²) in [4.78, 5) is 1.47. The van der Waals surface area contributed by atoms with E-state index in [1.54, 1.807) is 0 Å². The van der Waals surface area contributed by atoms with Gasteiger partial charge in [-0.15, -0.1) is 11.3 Å². The fraction of sp³-hybridized carbons (Fsp3) is 0.333. The minimum atomic E-state index is 0.411. The summed E-state index contributed by atoms with van der Waals surface area (Å²) in [5, 5.41) is 5.64. The molecule has 0 radical (unpaired) electrons. The van der Waals surface area contributed by atoms with Crippen LogP contribution in [0, 0.1) is 0 Å². The van der Waals surface area contributed by atoms with Gasteiger partial charge in [-0.3, -0.25) is 0 Å². The third-order valence-electron chi connectivity index (χ3n) is 3.16. The van der Waals surface area contributed by atoms with E-state index in [-0.39, 0.29) is 0 Å². The number of aryl methyl sites for hydroxylation is 1. The van der Waals surface area contributed by atoms with Gasteiger partial charge in [0.05, 0.1) is 0 Å². The number of hydrogen-bond donors (Lipinski definition) is 1. The van der Waals surface area contributed by atoms with Gasteiger partial charge >= 0.3 is 0 Å². The lowest BCUT2D eigenvalue weighted by Crippen LogP contribution is -2.18. The Hall–Kier alpha value is -0.640. The smallest absolute Gasteiger partial charge is 0.0456 e. The number of benzene rings is 1. The van der Waals surface area contributed by atoms with Gasteiger partial charge in [0.2, 0.25) is 0 Å². The van der Waals surface area contributed by atoms with Crippen LogP contribution in [-0.2, 0) is 12.8 Å². The van der Waals surface area contributed by atoms with Crippen molar-refractivity contribution < 1.29 is 0 Å². The van der Waals surface area contributed by atoms with Crippen molar-refractivity contribution in [1.82, 2.24) is 5.32 Å². The predicted octanol–water partition coefficient (Wildman–Crippen LogP) is 4.58. The molecule has 1 aromatic carbocycles. The molecule has 0 saturated heterocycles. The van der Waals surface area contributed by atoms with E-state index >= 15 is 0 Å². The minimum absolute atomic E-state index is 0.411. The van der Waals surface area contributed by atoms with Crippen LogP contribution in [0.2, 0.25) is 0 Å². The first-order valence-electron chi connectivity index (χ1n) is 6.22. The highest BCUT2D eigenvalue weighted by Gasteiger charge is 2.14. The van der Waals surface area contributed by atoms with Crippen LogP contribution in [0.1, 0.15) is 29.0 Å². The quantitative estimate of drug-likeness (QED) is 0.849. The van der Waals surface area contributed by atoms with Gasteiger partial charge in [-0.25, -0.2) is 0 Å². The molecule has 1 N–H and O–H groups in total. The van der Waals surface area contributed by atoms with Crippen LogP contribution in [0.4, 0.5) is 0 Å². The summed E-state index contributed by atoms with van der Waals surface area (Å²) in [5.41, 5.74) is 2.83. The molecule has 2 rings (SSSR count). The molecule has 1 atom stereocenters. The second kappa shape index (κ2) is 6.50. The number of thiophene rings is 1. The fourth-order valence-electron chi connectivity index (χ4n) is 2.17. The van der Waals surface area contributed by atoms with Gasteiger partial charge in [-0.05, 0) is 54.6 Å². The average Bonchev–Trinajstić information content (AvgIpc) is 2.84. The Kier molecular flexibility index (Phi) is 4.98. The average molecular weight is 324 g/mol. The molecule has 0 amide bonds. The SMILES string of the molecule is CCc1ccsc1C(Cc1cccc(Br)c1)NC. The molecule has 1 aromatic heterocycles. The normalized spacial score (nSPS) is 12.6. The van der Waals surface area contributed by atoms with Gasteiger partial charge < -0.3 is 5.32 Å². The molecule has 0 saturated carbocycles. The van der Waals surface area contributed by atoms with E-state index < -0.39 is 0 Å². The lowest BCUT2D eigenvalue weighted by molar-refractivity contribution is 0.597. The van der Waals surface area contributed by atoms with Crippen molar-refractivity contribution in [3.63, 3.8) is 0 Å². The van der Waals surface area contributed by atoms with Crippen LogP contribution in [-0.4, -0.2) is 7.05 Å². The summed E-state index contributed by atoms with van der Waals surface area (Å²) in [6.07, 6.45) is 2.14. The van der Waals surface area contributed by atoms with Crippen molar-refractivity contribution in [2.24, 2.45) is 0 Å². The lowest BCUT2D eigenvalue weighted by atomic mass is 10.0. The maximum Gasteiger partial charge on any atom is 0.0456 e. The highest BCUT2D eigenvalue weighted by molar-refractivity contribution is 9.10. The molecule has 1 nitrogen and oxygen atoms in total. The maximum absolute atomic E-state index is 3.53. The predicted molar refractivity (Wildman–Crippen MR) is 83.3 cm³/mol. The van der Waals surface area contributed by atoms with Crippen LogP contribution in [0.3, 0.4) is 0 Å². The minimum Gasteiger partial charge on any atom is -0.312 e. The Morgan fingerprint density at radius 3 is 2.83 bits per heavy atom. The first-order valence-corrected chi connectivity index (χ1v) is 7.89. The van der Waals surface area contributed by atoms with Crippen LogP contribution < -0.4 is 5.32 Å². The molecule has 18 heavy (non-hydrogen) atoms. The maximum atomic E-state index is 3.53. The highest BCUT2D eigenvalue weighted by atomic mass is 79.9. The zero-order valence-corrected chi connectivity index (χ0v) is 13.1. The molecule has 0 aliphatic heterocycles. The molecule has 0 fully saturated rings. The summed E-state index contributed by atoms with van der Waals surface area (Å²) in [7, 11) is 2.04. The van der Waals surface area contributed by atoms with E-state index in [4.69, 9.17) is 0 Å². The van der Waals surface area contributed by atoms with Crippen molar-refractivity contribution in [1.29, 1.82) is 0 Å². The zero-order chi connectivity index (χ0) is 13.0. The van der Waals surface area contributed by atoms with E-state index in [1.807, 2.05) is 18.4 Å². The van der Waals surface area contributed by atoms with Crippen molar-refractivity contribution in [3.8, 4) is 0 Å². The first kappa shape index (κ1) is 13.8. The standard InChI is InChI=1S/C15H18BrNS/c1-3-12-7-8-18-15(12)14(17-2)10-11-5-4-6-13(16)9-11/h4-9,14,17H,3,10H2,1-2H3. The Balaban J connectivity index is 2.20. The molecule has 3 heteroatoms. The Bertz CT molecular complexity index is 507. The molecule has 2 aromatic rings. The van der Waals surface area contributed by atoms with E-state index in [0.29, 0.717) is 6.04 Å². The monoisotopic (exact) mass is 323 g/mol. The topological polar surface area (TPSA) is 12.0 Å². The van der Waals surface area contributed by atoms with Gasteiger partial charge in [-0.1, -0.05) is 35.0 Å². The Labute approximate surface area is 121 Å². The van der Waals surface area contributed by atoms with Gasteiger partial charge in [0.1, 0.15) is 0 Å². The van der Waals surface area contributed by atoms with Crippen LogP contribution in [0.15, 0.2) is 40.2 Å². The van der Waals surface area contributed by atoms with Crippen molar-refractivity contribution in [2.45, 2.75) is 25.8 Å². The van der Waals surface area contributed by atoms with Crippen molar-refractivity contribution >= 4 is 27.3 Å².